The topological polar surface area (TPSA) is 93.1 Å². The summed E-state index contributed by atoms with van der Waals surface area (Å²) in [7, 11) is 1.57. The van der Waals surface area contributed by atoms with Crippen LogP contribution in [-0.2, 0) is 9.53 Å². The maximum absolute atomic E-state index is 13.4. The van der Waals surface area contributed by atoms with Gasteiger partial charge in [-0.2, -0.15) is 0 Å². The zero-order valence-electron chi connectivity index (χ0n) is 16.5. The maximum Gasteiger partial charge on any atom is 0.290 e. The lowest BCUT2D eigenvalue weighted by Crippen LogP contribution is -2.32. The molecule has 7 nitrogen and oxygen atoms in total. The monoisotopic (exact) mass is 473 g/mol. The van der Waals surface area contributed by atoms with E-state index in [0.29, 0.717) is 36.7 Å². The molecule has 1 unspecified atom stereocenters. The summed E-state index contributed by atoms with van der Waals surface area (Å²) in [5.41, 5.74) is 0.484. The Morgan fingerprint density at radius 2 is 2.03 bits per heavy atom. The second-order valence-corrected chi connectivity index (χ2v) is 8.00. The Morgan fingerprint density at radius 1 is 1.23 bits per heavy atom. The van der Waals surface area contributed by atoms with Gasteiger partial charge in [-0.15, -0.1) is 0 Å². The number of ketones is 1. The van der Waals surface area contributed by atoms with E-state index in [1.807, 2.05) is 12.1 Å². The van der Waals surface area contributed by atoms with Gasteiger partial charge in [-0.1, -0.05) is 15.9 Å². The number of aliphatic hydroxyl groups is 1. The molecular weight excluding hydrogens is 454 g/mol. The van der Waals surface area contributed by atoms with Crippen LogP contribution in [0, 0.1) is 6.92 Å². The lowest BCUT2D eigenvalue weighted by Gasteiger charge is -2.24. The summed E-state index contributed by atoms with van der Waals surface area (Å²) in [5.74, 6) is -0.665. The molecule has 156 valence electrons. The molecule has 0 saturated carbocycles. The molecule has 2 aromatic heterocycles. The highest BCUT2D eigenvalue weighted by Crippen LogP contribution is 2.40. The van der Waals surface area contributed by atoms with Crippen LogP contribution in [0.3, 0.4) is 0 Å². The molecule has 0 spiro atoms. The van der Waals surface area contributed by atoms with Gasteiger partial charge < -0.3 is 23.6 Å². The van der Waals surface area contributed by atoms with Crippen molar-refractivity contribution in [3.05, 3.63) is 69.5 Å². The number of furan rings is 2. The first-order valence-corrected chi connectivity index (χ1v) is 10.2. The third-order valence-electron chi connectivity index (χ3n) is 5.03. The van der Waals surface area contributed by atoms with Crippen LogP contribution in [0.1, 0.15) is 34.5 Å². The quantitative estimate of drug-likeness (QED) is 0.394. The van der Waals surface area contributed by atoms with Crippen molar-refractivity contribution >= 4 is 38.6 Å². The van der Waals surface area contributed by atoms with Crippen molar-refractivity contribution < 1.29 is 28.3 Å². The first-order valence-electron chi connectivity index (χ1n) is 9.44. The average Bonchev–Trinajstić information content (AvgIpc) is 3.39. The molecule has 8 heteroatoms. The number of amides is 1. The molecule has 3 heterocycles. The molecule has 0 bridgehead atoms. The number of fused-ring (bicyclic) bond motifs is 1. The highest BCUT2D eigenvalue weighted by Gasteiger charge is 2.45. The zero-order chi connectivity index (χ0) is 21.4. The van der Waals surface area contributed by atoms with Crippen LogP contribution in [-0.4, -0.2) is 42.0 Å². The molecule has 1 atom stereocenters. The van der Waals surface area contributed by atoms with Crippen molar-refractivity contribution in [2.24, 2.45) is 0 Å². The van der Waals surface area contributed by atoms with Crippen LogP contribution in [0.4, 0.5) is 0 Å². The first kappa shape index (κ1) is 20.4. The second-order valence-electron chi connectivity index (χ2n) is 7.08. The third kappa shape index (κ3) is 3.57. The van der Waals surface area contributed by atoms with Gasteiger partial charge >= 0.3 is 0 Å². The van der Waals surface area contributed by atoms with Gasteiger partial charge in [-0.05, 0) is 49.7 Å². The SMILES string of the molecule is COCCCN1C(=O)C(O)=C(C(=O)c2cc3cc(Br)ccc3o2)C1c1ccc(C)o1. The summed E-state index contributed by atoms with van der Waals surface area (Å²) in [4.78, 5) is 27.6. The van der Waals surface area contributed by atoms with Crippen LogP contribution in [0.2, 0.25) is 0 Å². The Balaban J connectivity index is 1.75. The third-order valence-corrected chi connectivity index (χ3v) is 5.52. The highest BCUT2D eigenvalue weighted by molar-refractivity contribution is 9.10. The van der Waals surface area contributed by atoms with Crippen LogP contribution >= 0.6 is 15.9 Å². The smallest absolute Gasteiger partial charge is 0.290 e. The van der Waals surface area contributed by atoms with Gasteiger partial charge in [0.2, 0.25) is 5.78 Å². The number of nitrogens with zero attached hydrogens (tertiary/aromatic N) is 1. The number of Topliss-reactive ketones (excluding diaryl/α,β-unsaturated/α-hetero) is 1. The molecule has 1 N–H and O–H groups in total. The number of ether oxygens (including phenoxy) is 1. The Bertz CT molecular complexity index is 1160. The summed E-state index contributed by atoms with van der Waals surface area (Å²) in [6, 6.07) is 9.60. The molecular formula is C22H20BrNO6. The molecule has 4 rings (SSSR count). The normalized spacial score (nSPS) is 16.8. The number of aryl methyl sites for hydroxylation is 1. The van der Waals surface area contributed by atoms with Gasteiger partial charge in [0.15, 0.2) is 11.5 Å². The van der Waals surface area contributed by atoms with Gasteiger partial charge in [0.05, 0.1) is 5.57 Å². The van der Waals surface area contributed by atoms with Crippen LogP contribution < -0.4 is 0 Å². The van der Waals surface area contributed by atoms with E-state index in [2.05, 4.69) is 15.9 Å². The van der Waals surface area contributed by atoms with E-state index < -0.39 is 23.5 Å². The molecule has 0 saturated heterocycles. The van der Waals surface area contributed by atoms with E-state index in [1.165, 1.54) is 4.90 Å². The Morgan fingerprint density at radius 3 is 2.73 bits per heavy atom. The van der Waals surface area contributed by atoms with Gasteiger partial charge in [-0.3, -0.25) is 9.59 Å². The predicted molar refractivity (Wildman–Crippen MR) is 112 cm³/mol. The van der Waals surface area contributed by atoms with Gasteiger partial charge in [0, 0.05) is 30.1 Å². The van der Waals surface area contributed by atoms with Gasteiger partial charge in [0.25, 0.3) is 5.91 Å². The zero-order valence-corrected chi connectivity index (χ0v) is 18.1. The fraction of sp³-hybridized carbons (Fsp3) is 0.273. The number of aliphatic hydroxyl groups excluding tert-OH is 1. The fourth-order valence-electron chi connectivity index (χ4n) is 3.65. The molecule has 1 amide bonds. The van der Waals surface area contributed by atoms with E-state index in [1.54, 1.807) is 38.3 Å². The number of rotatable bonds is 7. The summed E-state index contributed by atoms with van der Waals surface area (Å²) in [6.07, 6.45) is 0.547. The summed E-state index contributed by atoms with van der Waals surface area (Å²) in [5, 5.41) is 11.4. The molecule has 0 fully saturated rings. The van der Waals surface area contributed by atoms with E-state index in [-0.39, 0.29) is 11.3 Å². The summed E-state index contributed by atoms with van der Waals surface area (Å²) >= 11 is 3.39. The van der Waals surface area contributed by atoms with E-state index in [0.717, 1.165) is 9.86 Å². The van der Waals surface area contributed by atoms with Crippen LogP contribution in [0.15, 0.2) is 61.0 Å². The van der Waals surface area contributed by atoms with Crippen molar-refractivity contribution in [3.63, 3.8) is 0 Å². The lowest BCUT2D eigenvalue weighted by molar-refractivity contribution is -0.129. The number of halogens is 1. The maximum atomic E-state index is 13.4. The standard InChI is InChI=1S/C22H20BrNO6/c1-12-4-6-16(29-12)19-18(21(26)22(27)24(19)8-3-9-28-2)20(25)17-11-13-10-14(23)5-7-15(13)30-17/h4-7,10-11,19,26H,3,8-9H2,1-2H3. The molecule has 0 radical (unpaired) electrons. The number of carbonyl (C=O) groups is 2. The Hall–Kier alpha value is -2.84. The van der Waals surface area contributed by atoms with Gasteiger partial charge in [-0.25, -0.2) is 0 Å². The van der Waals surface area contributed by atoms with E-state index >= 15 is 0 Å². The van der Waals surface area contributed by atoms with Gasteiger partial charge in [0.1, 0.15) is 23.1 Å². The molecule has 0 aliphatic carbocycles. The Labute approximate surface area is 181 Å². The molecule has 1 aliphatic rings. The van der Waals surface area contributed by atoms with E-state index in [4.69, 9.17) is 13.6 Å². The fourth-order valence-corrected chi connectivity index (χ4v) is 4.03. The second kappa shape index (κ2) is 8.12. The molecule has 3 aromatic rings. The van der Waals surface area contributed by atoms with Crippen molar-refractivity contribution in [1.29, 1.82) is 0 Å². The number of hydrogen-bond acceptors (Lipinski definition) is 6. The van der Waals surface area contributed by atoms with Crippen molar-refractivity contribution in [3.8, 4) is 0 Å². The number of carbonyl (C=O) groups excluding carboxylic acids is 2. The summed E-state index contributed by atoms with van der Waals surface area (Å²) < 4.78 is 17.4. The minimum Gasteiger partial charge on any atom is -0.503 e. The van der Waals surface area contributed by atoms with Crippen LogP contribution in [0.5, 0.6) is 0 Å². The molecule has 30 heavy (non-hydrogen) atoms. The number of benzene rings is 1. The van der Waals surface area contributed by atoms with Crippen molar-refractivity contribution in [2.75, 3.05) is 20.3 Å². The summed E-state index contributed by atoms with van der Waals surface area (Å²) in [6.45, 7) is 2.51. The molecule has 1 aliphatic heterocycles. The molecule has 1 aromatic carbocycles. The minimum absolute atomic E-state index is 0.0458. The Kier molecular flexibility index (Phi) is 5.53. The van der Waals surface area contributed by atoms with E-state index in [9.17, 15) is 14.7 Å². The number of hydrogen-bond donors (Lipinski definition) is 1. The predicted octanol–water partition coefficient (Wildman–Crippen LogP) is 4.71. The first-order chi connectivity index (χ1) is 14.4. The van der Waals surface area contributed by atoms with Crippen molar-refractivity contribution in [1.82, 2.24) is 4.90 Å². The van der Waals surface area contributed by atoms with Crippen molar-refractivity contribution in [2.45, 2.75) is 19.4 Å². The van der Waals surface area contributed by atoms with Crippen LogP contribution in [0.25, 0.3) is 11.0 Å². The lowest BCUT2D eigenvalue weighted by atomic mass is 9.99. The minimum atomic E-state index is -0.837. The highest BCUT2D eigenvalue weighted by atomic mass is 79.9. The largest absolute Gasteiger partial charge is 0.503 e. The average molecular weight is 474 g/mol. The number of methoxy groups -OCH3 is 1.